The van der Waals surface area contributed by atoms with Crippen molar-refractivity contribution in [1.29, 1.82) is 0 Å². The van der Waals surface area contributed by atoms with E-state index in [1.165, 1.54) is 50.7 Å². The van der Waals surface area contributed by atoms with Gasteiger partial charge in [0.25, 0.3) is 0 Å². The fourth-order valence-corrected chi connectivity index (χ4v) is 5.04. The quantitative estimate of drug-likeness (QED) is 0.198. The molecule has 2 atom stereocenters. The Morgan fingerprint density at radius 1 is 0.806 bits per heavy atom. The van der Waals surface area contributed by atoms with Crippen LogP contribution in [0.2, 0.25) is 0 Å². The summed E-state index contributed by atoms with van der Waals surface area (Å²) in [6.07, 6.45) is 7.53. The van der Waals surface area contributed by atoms with E-state index in [0.717, 1.165) is 36.7 Å². The van der Waals surface area contributed by atoms with Gasteiger partial charge < -0.3 is 10.2 Å². The lowest BCUT2D eigenvalue weighted by molar-refractivity contribution is -0.139. The molecule has 0 fully saturated rings. The van der Waals surface area contributed by atoms with E-state index in [9.17, 15) is 23.4 Å². The maximum atomic E-state index is 13.8. The van der Waals surface area contributed by atoms with Gasteiger partial charge in [0.15, 0.2) is 0 Å². The molecule has 0 saturated heterocycles. The molecule has 2 rings (SSSR count). The van der Waals surface area contributed by atoms with Crippen LogP contribution in [0.15, 0.2) is 35.9 Å². The van der Waals surface area contributed by atoms with Crippen molar-refractivity contribution in [3.05, 3.63) is 47.0 Å². The van der Waals surface area contributed by atoms with E-state index in [-0.39, 0.29) is 22.8 Å². The van der Waals surface area contributed by atoms with Gasteiger partial charge in [-0.05, 0) is 43.9 Å². The number of phenolic OH excluding ortho intramolecular Hbond substituents is 2. The summed E-state index contributed by atoms with van der Waals surface area (Å²) >= 11 is 0. The molecule has 5 heteroatoms. The van der Waals surface area contributed by atoms with Crippen molar-refractivity contribution in [3.8, 4) is 11.5 Å². The van der Waals surface area contributed by atoms with Crippen LogP contribution < -0.4 is 0 Å². The number of hydrogen-bond acceptors (Lipinski definition) is 2. The summed E-state index contributed by atoms with van der Waals surface area (Å²) in [5.41, 5.74) is -0.412. The van der Waals surface area contributed by atoms with E-state index in [1.54, 1.807) is 18.2 Å². The number of phenols is 2. The summed E-state index contributed by atoms with van der Waals surface area (Å²) in [6, 6.07) is 6.09. The van der Waals surface area contributed by atoms with E-state index in [1.807, 2.05) is 6.92 Å². The molecule has 36 heavy (non-hydrogen) atoms. The lowest BCUT2D eigenvalue weighted by Crippen LogP contribution is -2.10. The van der Waals surface area contributed by atoms with Crippen molar-refractivity contribution in [3.63, 3.8) is 0 Å². The summed E-state index contributed by atoms with van der Waals surface area (Å²) in [7, 11) is 0. The number of rotatable bonds is 14. The second kappa shape index (κ2) is 13.9. The standard InChI is InChI=1S/C31H45F3O2/c1-21(2)11-8-12-22(3)13-9-14-23(4)15-10-16-24(5)19-20-27-28(31(32,33)34)30(36)26-18-7-6-17-25(26)29(27)35/h6-7,17-19,21-23,35-36H,8-16,20H2,1-5H3/b24-19+/t22-,23-/m1/s1. The normalized spacial score (nSPS) is 14.5. The molecule has 0 bridgehead atoms. The third-order valence-corrected chi connectivity index (χ3v) is 7.34. The highest BCUT2D eigenvalue weighted by atomic mass is 19.4. The van der Waals surface area contributed by atoms with Crippen LogP contribution in [0.3, 0.4) is 0 Å². The molecule has 0 aromatic heterocycles. The van der Waals surface area contributed by atoms with E-state index < -0.39 is 23.2 Å². The minimum atomic E-state index is -4.76. The number of aromatic hydroxyl groups is 2. The highest BCUT2D eigenvalue weighted by molar-refractivity contribution is 5.95. The summed E-state index contributed by atoms with van der Waals surface area (Å²) in [5.74, 6) is 0.978. The van der Waals surface area contributed by atoms with Crippen LogP contribution in [0.25, 0.3) is 10.8 Å². The lowest BCUT2D eigenvalue weighted by Gasteiger charge is -2.18. The monoisotopic (exact) mass is 506 g/mol. The summed E-state index contributed by atoms with van der Waals surface area (Å²) in [4.78, 5) is 0. The minimum absolute atomic E-state index is 0.00529. The van der Waals surface area contributed by atoms with Crippen LogP contribution in [0, 0.1) is 17.8 Å². The Morgan fingerprint density at radius 2 is 1.31 bits per heavy atom. The second-order valence-corrected chi connectivity index (χ2v) is 11.2. The molecule has 0 heterocycles. The van der Waals surface area contributed by atoms with Crippen molar-refractivity contribution < 1.29 is 23.4 Å². The van der Waals surface area contributed by atoms with Gasteiger partial charge in [-0.3, -0.25) is 0 Å². The Kier molecular flexibility index (Phi) is 11.6. The van der Waals surface area contributed by atoms with Gasteiger partial charge in [0.2, 0.25) is 0 Å². The number of benzene rings is 2. The summed E-state index contributed by atoms with van der Waals surface area (Å²) in [5, 5.41) is 21.2. The zero-order chi connectivity index (χ0) is 26.9. The maximum absolute atomic E-state index is 13.8. The molecular weight excluding hydrogens is 461 g/mol. The van der Waals surface area contributed by atoms with Crippen LogP contribution in [0.4, 0.5) is 13.2 Å². The Morgan fingerprint density at radius 3 is 1.83 bits per heavy atom. The van der Waals surface area contributed by atoms with E-state index in [4.69, 9.17) is 0 Å². The Labute approximate surface area is 215 Å². The second-order valence-electron chi connectivity index (χ2n) is 11.2. The summed E-state index contributed by atoms with van der Waals surface area (Å²) < 4.78 is 41.4. The fourth-order valence-electron chi connectivity index (χ4n) is 5.04. The van der Waals surface area contributed by atoms with Gasteiger partial charge in [0.1, 0.15) is 17.1 Å². The van der Waals surface area contributed by atoms with Crippen LogP contribution >= 0.6 is 0 Å². The van der Waals surface area contributed by atoms with Crippen LogP contribution in [0.1, 0.15) is 104 Å². The van der Waals surface area contributed by atoms with Gasteiger partial charge >= 0.3 is 6.18 Å². The Bertz CT molecular complexity index is 991. The van der Waals surface area contributed by atoms with Crippen molar-refractivity contribution in [1.82, 2.24) is 0 Å². The average molecular weight is 507 g/mol. The molecule has 0 unspecified atom stereocenters. The third kappa shape index (κ3) is 9.05. The molecule has 2 aromatic carbocycles. The largest absolute Gasteiger partial charge is 0.507 e. The van der Waals surface area contributed by atoms with Crippen LogP contribution in [-0.4, -0.2) is 10.2 Å². The van der Waals surface area contributed by atoms with Crippen molar-refractivity contribution in [2.45, 2.75) is 105 Å². The first-order valence-corrected chi connectivity index (χ1v) is 13.6. The van der Waals surface area contributed by atoms with E-state index >= 15 is 0 Å². The predicted octanol–water partition coefficient (Wildman–Crippen LogP) is 10.2. The smallest absolute Gasteiger partial charge is 0.420 e. The first-order valence-electron chi connectivity index (χ1n) is 13.6. The number of fused-ring (bicyclic) bond motifs is 1. The molecule has 2 aromatic rings. The highest BCUT2D eigenvalue weighted by Crippen LogP contribution is 2.47. The molecule has 2 N–H and O–H groups in total. The molecule has 0 aliphatic carbocycles. The van der Waals surface area contributed by atoms with E-state index in [0.29, 0.717) is 5.92 Å². The van der Waals surface area contributed by atoms with Crippen molar-refractivity contribution in [2.75, 3.05) is 0 Å². The first-order chi connectivity index (χ1) is 16.9. The first kappa shape index (κ1) is 30.1. The zero-order valence-electron chi connectivity index (χ0n) is 22.7. The number of hydrogen-bond donors (Lipinski definition) is 2. The van der Waals surface area contributed by atoms with Crippen molar-refractivity contribution in [2.24, 2.45) is 17.8 Å². The molecule has 0 saturated carbocycles. The van der Waals surface area contributed by atoms with Gasteiger partial charge in [-0.25, -0.2) is 0 Å². The molecule has 0 spiro atoms. The number of alkyl halides is 3. The van der Waals surface area contributed by atoms with Gasteiger partial charge in [0.05, 0.1) is 0 Å². The molecule has 0 amide bonds. The van der Waals surface area contributed by atoms with Crippen LogP contribution in [-0.2, 0) is 12.6 Å². The van der Waals surface area contributed by atoms with Gasteiger partial charge in [0, 0.05) is 16.3 Å². The molecule has 2 nitrogen and oxygen atoms in total. The van der Waals surface area contributed by atoms with E-state index in [2.05, 4.69) is 27.7 Å². The molecule has 0 aliphatic heterocycles. The average Bonchev–Trinajstić information content (AvgIpc) is 2.79. The summed E-state index contributed by atoms with van der Waals surface area (Å²) in [6.45, 7) is 11.1. The lowest BCUT2D eigenvalue weighted by atomic mass is 9.91. The fraction of sp³-hybridized carbons (Fsp3) is 0.613. The predicted molar refractivity (Wildman–Crippen MR) is 144 cm³/mol. The SMILES string of the molecule is C/C(=C\Cc1c(C(F)(F)F)c(O)c2ccccc2c1O)CCC[C@H](C)CCC[C@H](C)CCCC(C)C. The zero-order valence-corrected chi connectivity index (χ0v) is 22.7. The van der Waals surface area contributed by atoms with Crippen LogP contribution in [0.5, 0.6) is 11.5 Å². The number of halogens is 3. The highest BCUT2D eigenvalue weighted by Gasteiger charge is 2.39. The third-order valence-electron chi connectivity index (χ3n) is 7.34. The molecule has 0 aliphatic rings. The minimum Gasteiger partial charge on any atom is -0.507 e. The molecule has 0 radical (unpaired) electrons. The number of allylic oxidation sites excluding steroid dienone is 2. The van der Waals surface area contributed by atoms with Gasteiger partial charge in [-0.15, -0.1) is 0 Å². The topological polar surface area (TPSA) is 40.5 Å². The Balaban J connectivity index is 1.89. The van der Waals surface area contributed by atoms with Gasteiger partial charge in [-0.1, -0.05) is 109 Å². The Hall–Kier alpha value is -2.17. The van der Waals surface area contributed by atoms with Gasteiger partial charge in [-0.2, -0.15) is 13.2 Å². The maximum Gasteiger partial charge on any atom is 0.420 e. The molecule has 202 valence electrons. The molecular formula is C31H45F3O2. The van der Waals surface area contributed by atoms with Crippen molar-refractivity contribution >= 4 is 10.8 Å².